The molecule has 0 bridgehead atoms. The Hall–Kier alpha value is -1.35. The van der Waals surface area contributed by atoms with Gasteiger partial charge in [0.05, 0.1) is 22.0 Å². The predicted octanol–water partition coefficient (Wildman–Crippen LogP) is 2.34. The van der Waals surface area contributed by atoms with Crippen molar-refractivity contribution in [3.8, 4) is 11.8 Å². The highest BCUT2D eigenvalue weighted by Gasteiger charge is 2.20. The van der Waals surface area contributed by atoms with Crippen molar-refractivity contribution in [1.82, 2.24) is 5.32 Å². The van der Waals surface area contributed by atoms with E-state index < -0.39 is 0 Å². The molecule has 1 aromatic rings. The van der Waals surface area contributed by atoms with Gasteiger partial charge in [-0.1, -0.05) is 11.8 Å². The van der Waals surface area contributed by atoms with Gasteiger partial charge in [-0.3, -0.25) is 4.79 Å². The Kier molecular flexibility index (Phi) is 6.90. The zero-order chi connectivity index (χ0) is 15.9. The molecule has 0 aromatic carbocycles. The summed E-state index contributed by atoms with van der Waals surface area (Å²) >= 11 is 1.37. The van der Waals surface area contributed by atoms with Crippen molar-refractivity contribution in [2.75, 3.05) is 19.8 Å². The summed E-state index contributed by atoms with van der Waals surface area (Å²) < 4.78 is 5.55. The zero-order valence-corrected chi connectivity index (χ0v) is 13.9. The Morgan fingerprint density at radius 3 is 2.86 bits per heavy atom. The molecule has 1 amide bonds. The highest BCUT2D eigenvalue weighted by molar-refractivity contribution is 7.14. The molecule has 1 aromatic heterocycles. The second-order valence-electron chi connectivity index (χ2n) is 5.27. The van der Waals surface area contributed by atoms with Gasteiger partial charge in [0, 0.05) is 19.6 Å². The van der Waals surface area contributed by atoms with Crippen LogP contribution in [0.5, 0.6) is 0 Å². The molecule has 0 aliphatic rings. The summed E-state index contributed by atoms with van der Waals surface area (Å²) in [5.41, 5.74) is 0.611. The number of aryl methyl sites for hydroxylation is 1. The van der Waals surface area contributed by atoms with Gasteiger partial charge in [0.15, 0.2) is 0 Å². The van der Waals surface area contributed by atoms with Gasteiger partial charge in [0.25, 0.3) is 5.91 Å². The van der Waals surface area contributed by atoms with Crippen LogP contribution in [0.4, 0.5) is 0 Å². The molecule has 0 fully saturated rings. The van der Waals surface area contributed by atoms with E-state index in [9.17, 15) is 4.79 Å². The standard InChI is InChI=1S/C16H23NO3S/c1-5-20-16(3,4)11-17-15(19)14-10-12(2)13(21-14)8-6-7-9-18/h10,18H,5,7,9,11H2,1-4H3,(H,17,19). The van der Waals surface area contributed by atoms with E-state index in [0.717, 1.165) is 10.4 Å². The summed E-state index contributed by atoms with van der Waals surface area (Å²) in [4.78, 5) is 13.7. The number of hydrogen-bond donors (Lipinski definition) is 2. The third-order valence-corrected chi connectivity index (χ3v) is 3.94. The Bertz CT molecular complexity index is 537. The van der Waals surface area contributed by atoms with Crippen LogP contribution in [0.25, 0.3) is 0 Å². The number of carbonyl (C=O) groups is 1. The molecule has 0 spiro atoms. The van der Waals surface area contributed by atoms with Gasteiger partial charge in [-0.15, -0.1) is 11.3 Å². The molecule has 0 aliphatic heterocycles. The van der Waals surface area contributed by atoms with E-state index in [2.05, 4.69) is 17.2 Å². The minimum absolute atomic E-state index is 0.0529. The van der Waals surface area contributed by atoms with E-state index in [1.165, 1.54) is 11.3 Å². The molecule has 1 rings (SSSR count). The van der Waals surface area contributed by atoms with Gasteiger partial charge >= 0.3 is 0 Å². The molecule has 0 unspecified atom stereocenters. The number of ether oxygens (including phenoxy) is 1. The molecule has 1 heterocycles. The first kappa shape index (κ1) is 17.7. The van der Waals surface area contributed by atoms with Gasteiger partial charge in [-0.2, -0.15) is 0 Å². The summed E-state index contributed by atoms with van der Waals surface area (Å²) in [5.74, 6) is 5.76. The third-order valence-electron chi connectivity index (χ3n) is 2.79. The summed E-state index contributed by atoms with van der Waals surface area (Å²) in [6, 6.07) is 1.84. The van der Waals surface area contributed by atoms with E-state index in [4.69, 9.17) is 9.84 Å². The minimum Gasteiger partial charge on any atom is -0.395 e. The quantitative estimate of drug-likeness (QED) is 0.793. The number of nitrogens with one attached hydrogen (secondary N) is 1. The van der Waals surface area contributed by atoms with Crippen LogP contribution in [0.15, 0.2) is 6.07 Å². The fourth-order valence-corrected chi connectivity index (χ4v) is 2.70. The molecule has 116 valence electrons. The first-order valence-corrected chi connectivity index (χ1v) is 7.83. The van der Waals surface area contributed by atoms with E-state index in [1.54, 1.807) is 0 Å². The monoisotopic (exact) mass is 309 g/mol. The summed E-state index contributed by atoms with van der Waals surface area (Å²) in [6.45, 7) is 8.89. The highest BCUT2D eigenvalue weighted by Crippen LogP contribution is 2.21. The molecule has 2 N–H and O–H groups in total. The number of thiophene rings is 1. The van der Waals surface area contributed by atoms with E-state index in [0.29, 0.717) is 24.4 Å². The maximum absolute atomic E-state index is 12.1. The van der Waals surface area contributed by atoms with Crippen molar-refractivity contribution >= 4 is 17.2 Å². The number of amides is 1. The molecule has 0 radical (unpaired) electrons. The smallest absolute Gasteiger partial charge is 0.261 e. The molecule has 0 saturated carbocycles. The SMILES string of the molecule is CCOC(C)(C)CNC(=O)c1cc(C)c(C#CCCO)s1. The molecule has 0 atom stereocenters. The fourth-order valence-electron chi connectivity index (χ4n) is 1.74. The Morgan fingerprint density at radius 1 is 1.52 bits per heavy atom. The van der Waals surface area contributed by atoms with Gasteiger partial charge in [0.2, 0.25) is 0 Å². The van der Waals surface area contributed by atoms with Crippen LogP contribution in [0.3, 0.4) is 0 Å². The molecule has 4 nitrogen and oxygen atoms in total. The van der Waals surface area contributed by atoms with Crippen LogP contribution >= 0.6 is 11.3 Å². The fraction of sp³-hybridized carbons (Fsp3) is 0.562. The minimum atomic E-state index is -0.375. The highest BCUT2D eigenvalue weighted by atomic mass is 32.1. The van der Waals surface area contributed by atoms with Crippen LogP contribution in [-0.2, 0) is 4.74 Å². The number of hydrogen-bond acceptors (Lipinski definition) is 4. The van der Waals surface area contributed by atoms with Crippen molar-refractivity contribution in [2.45, 2.75) is 39.7 Å². The Morgan fingerprint density at radius 2 is 2.24 bits per heavy atom. The van der Waals surface area contributed by atoms with Gasteiger partial charge in [-0.25, -0.2) is 0 Å². The summed E-state index contributed by atoms with van der Waals surface area (Å²) in [6.07, 6.45) is 0.446. The van der Waals surface area contributed by atoms with Crippen LogP contribution in [0.1, 0.15) is 47.3 Å². The maximum atomic E-state index is 12.1. The van der Waals surface area contributed by atoms with Crippen LogP contribution in [0.2, 0.25) is 0 Å². The number of aliphatic hydroxyl groups excluding tert-OH is 1. The van der Waals surface area contributed by atoms with Crippen molar-refractivity contribution < 1.29 is 14.6 Å². The summed E-state index contributed by atoms with van der Waals surface area (Å²) in [7, 11) is 0. The predicted molar refractivity (Wildman–Crippen MR) is 85.7 cm³/mol. The first-order chi connectivity index (χ1) is 9.89. The molecular weight excluding hydrogens is 286 g/mol. The second kappa shape index (κ2) is 8.18. The van der Waals surface area contributed by atoms with E-state index in [-0.39, 0.29) is 18.1 Å². The summed E-state index contributed by atoms with van der Waals surface area (Å²) in [5, 5.41) is 11.6. The Labute approximate surface area is 130 Å². The average molecular weight is 309 g/mol. The number of carbonyl (C=O) groups excluding carboxylic acids is 1. The van der Waals surface area contributed by atoms with Crippen LogP contribution < -0.4 is 5.32 Å². The lowest BCUT2D eigenvalue weighted by molar-refractivity contribution is -0.00812. The number of aliphatic hydroxyl groups is 1. The van der Waals surface area contributed by atoms with Gasteiger partial charge in [-0.05, 0) is 39.3 Å². The zero-order valence-electron chi connectivity index (χ0n) is 13.1. The lowest BCUT2D eigenvalue weighted by atomic mass is 10.1. The van der Waals surface area contributed by atoms with Crippen molar-refractivity contribution in [3.63, 3.8) is 0 Å². The lowest BCUT2D eigenvalue weighted by Crippen LogP contribution is -2.40. The van der Waals surface area contributed by atoms with Gasteiger partial charge < -0.3 is 15.2 Å². The molecular formula is C16H23NO3S. The third kappa shape index (κ3) is 5.88. The molecule has 0 saturated heterocycles. The lowest BCUT2D eigenvalue weighted by Gasteiger charge is -2.24. The van der Waals surface area contributed by atoms with E-state index >= 15 is 0 Å². The van der Waals surface area contributed by atoms with Gasteiger partial charge in [0.1, 0.15) is 0 Å². The van der Waals surface area contributed by atoms with Crippen LogP contribution in [-0.4, -0.2) is 36.4 Å². The Balaban J connectivity index is 2.68. The van der Waals surface area contributed by atoms with E-state index in [1.807, 2.05) is 33.8 Å². The van der Waals surface area contributed by atoms with Crippen molar-refractivity contribution in [1.29, 1.82) is 0 Å². The maximum Gasteiger partial charge on any atom is 0.261 e. The molecule has 5 heteroatoms. The van der Waals surface area contributed by atoms with Crippen molar-refractivity contribution in [2.24, 2.45) is 0 Å². The topological polar surface area (TPSA) is 58.6 Å². The molecule has 21 heavy (non-hydrogen) atoms. The molecule has 0 aliphatic carbocycles. The van der Waals surface area contributed by atoms with Crippen molar-refractivity contribution in [3.05, 3.63) is 21.4 Å². The first-order valence-electron chi connectivity index (χ1n) is 7.02. The number of rotatable bonds is 6. The average Bonchev–Trinajstić information content (AvgIpc) is 2.78. The normalized spacial score (nSPS) is 10.9. The largest absolute Gasteiger partial charge is 0.395 e. The van der Waals surface area contributed by atoms with Crippen LogP contribution in [0, 0.1) is 18.8 Å². The second-order valence-corrected chi connectivity index (χ2v) is 6.33.